The Morgan fingerprint density at radius 3 is 2.24 bits per heavy atom. The summed E-state index contributed by atoms with van der Waals surface area (Å²) in [7, 11) is 0. The minimum absolute atomic E-state index is 0. The Kier molecular flexibility index (Phi) is 7.04. The number of halogens is 1. The maximum Gasteiger partial charge on any atom is 0.195 e. The highest BCUT2D eigenvalue weighted by Gasteiger charge is 2.08. The van der Waals surface area contributed by atoms with Crippen molar-refractivity contribution in [3.8, 4) is 11.1 Å². The topological polar surface area (TPSA) is 53.5 Å². The van der Waals surface area contributed by atoms with Gasteiger partial charge >= 0.3 is 0 Å². The molecule has 1 aliphatic rings. The third-order valence-electron chi connectivity index (χ3n) is 4.85. The largest absolute Gasteiger partial charge is 0.354 e. The molecule has 0 amide bonds. The summed E-state index contributed by atoms with van der Waals surface area (Å²) in [5.74, 6) is 0.994. The number of hydrogen-bond acceptors (Lipinski definition) is 4. The van der Waals surface area contributed by atoms with Gasteiger partial charge in [0.1, 0.15) is 0 Å². The maximum atomic E-state index is 12.5. The number of carbonyl (C=O) groups excluding carboxylic acids is 1. The fraction of sp³-hybridized carbons (Fsp3) is 0.167. The predicted molar refractivity (Wildman–Crippen MR) is 122 cm³/mol. The van der Waals surface area contributed by atoms with Crippen LogP contribution >= 0.6 is 12.4 Å². The number of rotatable bonds is 6. The highest BCUT2D eigenvalue weighted by molar-refractivity contribution is 5.96. The third kappa shape index (κ3) is 5.46. The molecule has 5 heteroatoms. The Bertz CT molecular complexity index is 967. The molecule has 3 aromatic carbocycles. The third-order valence-corrected chi connectivity index (χ3v) is 4.85. The van der Waals surface area contributed by atoms with E-state index in [0.29, 0.717) is 6.42 Å². The van der Waals surface area contributed by atoms with Gasteiger partial charge in [-0.3, -0.25) is 9.79 Å². The van der Waals surface area contributed by atoms with Crippen LogP contribution < -0.4 is 10.6 Å². The first-order valence-electron chi connectivity index (χ1n) is 9.61. The van der Waals surface area contributed by atoms with Crippen LogP contribution in [0.25, 0.3) is 11.1 Å². The SMILES string of the molecule is Cl.O=C(CCc1ccc(NC2=NCCN2)cc1)c1ccc(-c2ccccc2)cc1. The first-order valence-corrected chi connectivity index (χ1v) is 9.61. The number of carbonyl (C=O) groups is 1. The molecule has 0 saturated carbocycles. The molecular weight excluding hydrogens is 382 g/mol. The lowest BCUT2D eigenvalue weighted by Crippen LogP contribution is -2.26. The molecule has 0 bridgehead atoms. The number of aryl methyl sites for hydroxylation is 1. The van der Waals surface area contributed by atoms with E-state index in [-0.39, 0.29) is 18.2 Å². The Hall–Kier alpha value is -3.11. The maximum absolute atomic E-state index is 12.5. The quantitative estimate of drug-likeness (QED) is 0.570. The first-order chi connectivity index (χ1) is 13.8. The summed E-state index contributed by atoms with van der Waals surface area (Å²) < 4.78 is 0. The fourth-order valence-corrected chi connectivity index (χ4v) is 3.25. The number of aliphatic imine (C=N–C) groups is 1. The van der Waals surface area contributed by atoms with E-state index in [1.807, 2.05) is 54.6 Å². The van der Waals surface area contributed by atoms with Gasteiger partial charge in [0.05, 0.1) is 6.54 Å². The lowest BCUT2D eigenvalue weighted by Gasteiger charge is -2.08. The zero-order chi connectivity index (χ0) is 19.2. The van der Waals surface area contributed by atoms with Crippen molar-refractivity contribution in [1.82, 2.24) is 5.32 Å². The second-order valence-corrected chi connectivity index (χ2v) is 6.85. The van der Waals surface area contributed by atoms with Crippen molar-refractivity contribution in [3.05, 3.63) is 90.0 Å². The zero-order valence-electron chi connectivity index (χ0n) is 16.1. The molecule has 1 aliphatic heterocycles. The number of nitrogens with one attached hydrogen (secondary N) is 2. The van der Waals surface area contributed by atoms with Gasteiger partial charge in [0.15, 0.2) is 11.7 Å². The van der Waals surface area contributed by atoms with Crippen molar-refractivity contribution in [3.63, 3.8) is 0 Å². The second kappa shape index (κ2) is 9.89. The Morgan fingerprint density at radius 2 is 1.59 bits per heavy atom. The van der Waals surface area contributed by atoms with Crippen molar-refractivity contribution in [2.45, 2.75) is 12.8 Å². The Labute approximate surface area is 177 Å². The molecule has 0 aliphatic carbocycles. The van der Waals surface area contributed by atoms with Gasteiger partial charge in [0.25, 0.3) is 0 Å². The number of hydrogen-bond donors (Lipinski definition) is 2. The molecule has 4 nitrogen and oxygen atoms in total. The number of nitrogens with zero attached hydrogens (tertiary/aromatic N) is 1. The van der Waals surface area contributed by atoms with E-state index in [9.17, 15) is 4.79 Å². The van der Waals surface area contributed by atoms with Crippen LogP contribution in [0.3, 0.4) is 0 Å². The summed E-state index contributed by atoms with van der Waals surface area (Å²) in [6.45, 7) is 1.70. The van der Waals surface area contributed by atoms with Crippen LogP contribution in [-0.2, 0) is 6.42 Å². The van der Waals surface area contributed by atoms with E-state index in [1.165, 1.54) is 0 Å². The summed E-state index contributed by atoms with van der Waals surface area (Å²) in [4.78, 5) is 16.8. The Balaban J connectivity index is 0.00000240. The van der Waals surface area contributed by atoms with Crippen molar-refractivity contribution in [2.24, 2.45) is 4.99 Å². The molecule has 0 spiro atoms. The lowest BCUT2D eigenvalue weighted by molar-refractivity contribution is 0.0983. The van der Waals surface area contributed by atoms with Crippen LogP contribution in [0.5, 0.6) is 0 Å². The van der Waals surface area contributed by atoms with E-state index in [1.54, 1.807) is 0 Å². The van der Waals surface area contributed by atoms with Crippen LogP contribution in [0.15, 0.2) is 83.9 Å². The van der Waals surface area contributed by atoms with Crippen molar-refractivity contribution in [2.75, 3.05) is 18.4 Å². The second-order valence-electron chi connectivity index (χ2n) is 6.85. The number of ketones is 1. The molecule has 0 fully saturated rings. The summed E-state index contributed by atoms with van der Waals surface area (Å²) in [5.41, 5.74) is 5.21. The fourth-order valence-electron chi connectivity index (χ4n) is 3.25. The van der Waals surface area contributed by atoms with Gasteiger partial charge in [0, 0.05) is 24.2 Å². The lowest BCUT2D eigenvalue weighted by atomic mass is 9.99. The molecule has 29 heavy (non-hydrogen) atoms. The van der Waals surface area contributed by atoms with Gasteiger partial charge in [-0.05, 0) is 35.2 Å². The number of Topliss-reactive ketones (excluding diaryl/α,β-unsaturated/α-hetero) is 1. The molecule has 0 atom stereocenters. The van der Waals surface area contributed by atoms with Crippen molar-refractivity contribution >= 4 is 29.8 Å². The summed E-state index contributed by atoms with van der Waals surface area (Å²) in [5, 5.41) is 6.44. The first kappa shape index (κ1) is 20.6. The van der Waals surface area contributed by atoms with Crippen LogP contribution in [0.2, 0.25) is 0 Å². The highest BCUT2D eigenvalue weighted by atomic mass is 35.5. The predicted octanol–water partition coefficient (Wildman–Crippen LogP) is 4.96. The molecule has 0 aromatic heterocycles. The van der Waals surface area contributed by atoms with Crippen LogP contribution in [0.1, 0.15) is 22.3 Å². The zero-order valence-corrected chi connectivity index (χ0v) is 16.9. The average molecular weight is 406 g/mol. The summed E-state index contributed by atoms with van der Waals surface area (Å²) in [6.07, 6.45) is 1.24. The standard InChI is InChI=1S/C24H23N3O.ClH/c28-23(21-11-9-20(10-12-21)19-4-2-1-3-5-19)15-8-18-6-13-22(14-7-18)27-24-25-16-17-26-24;/h1-7,9-14H,8,15-17H2,(H2,25,26,27);1H. The normalized spacial score (nSPS) is 12.5. The molecule has 148 valence electrons. The van der Waals surface area contributed by atoms with Gasteiger partial charge in [-0.15, -0.1) is 12.4 Å². The van der Waals surface area contributed by atoms with E-state index in [2.05, 4.69) is 39.9 Å². The number of anilines is 1. The van der Waals surface area contributed by atoms with Gasteiger partial charge in [-0.2, -0.15) is 0 Å². The van der Waals surface area contributed by atoms with E-state index in [0.717, 1.165) is 53.4 Å². The van der Waals surface area contributed by atoms with Crippen molar-refractivity contribution < 1.29 is 4.79 Å². The minimum atomic E-state index is 0. The molecular formula is C24H24ClN3O. The summed E-state index contributed by atoms with van der Waals surface area (Å²) >= 11 is 0. The average Bonchev–Trinajstić information content (AvgIpc) is 3.27. The molecule has 1 heterocycles. The number of guanidine groups is 1. The van der Waals surface area contributed by atoms with E-state index >= 15 is 0 Å². The highest BCUT2D eigenvalue weighted by Crippen LogP contribution is 2.20. The monoisotopic (exact) mass is 405 g/mol. The van der Waals surface area contributed by atoms with E-state index < -0.39 is 0 Å². The molecule has 0 unspecified atom stereocenters. The summed E-state index contributed by atoms with van der Waals surface area (Å²) in [6, 6.07) is 26.2. The number of benzene rings is 3. The van der Waals surface area contributed by atoms with Gasteiger partial charge in [-0.1, -0.05) is 66.7 Å². The molecule has 0 radical (unpaired) electrons. The minimum Gasteiger partial charge on any atom is -0.354 e. The Morgan fingerprint density at radius 1 is 0.897 bits per heavy atom. The van der Waals surface area contributed by atoms with Crippen LogP contribution in [0.4, 0.5) is 5.69 Å². The van der Waals surface area contributed by atoms with Gasteiger partial charge in [0.2, 0.25) is 0 Å². The van der Waals surface area contributed by atoms with E-state index in [4.69, 9.17) is 0 Å². The molecule has 0 saturated heterocycles. The molecule has 3 aromatic rings. The van der Waals surface area contributed by atoms with Crippen LogP contribution in [-0.4, -0.2) is 24.8 Å². The van der Waals surface area contributed by atoms with Gasteiger partial charge in [-0.25, -0.2) is 0 Å². The molecule has 2 N–H and O–H groups in total. The van der Waals surface area contributed by atoms with Gasteiger partial charge < -0.3 is 10.6 Å². The molecule has 4 rings (SSSR count). The van der Waals surface area contributed by atoms with Crippen molar-refractivity contribution in [1.29, 1.82) is 0 Å². The smallest absolute Gasteiger partial charge is 0.195 e. The van der Waals surface area contributed by atoms with Crippen LogP contribution in [0, 0.1) is 0 Å².